The Morgan fingerprint density at radius 2 is 1.97 bits per heavy atom. The van der Waals surface area contributed by atoms with Gasteiger partial charge in [-0.25, -0.2) is 14.1 Å². The molecule has 4 aromatic rings. The highest BCUT2D eigenvalue weighted by Gasteiger charge is 2.44. The molecule has 1 aromatic carbocycles. The molecule has 2 aliphatic rings. The molecule has 0 unspecified atom stereocenters. The van der Waals surface area contributed by atoms with Crippen molar-refractivity contribution >= 4 is 16.9 Å². The van der Waals surface area contributed by atoms with E-state index in [4.69, 9.17) is 9.84 Å². The number of aryl methyl sites for hydroxylation is 2. The molecule has 1 saturated heterocycles. The topological polar surface area (TPSA) is 78.1 Å². The van der Waals surface area contributed by atoms with Crippen LogP contribution in [0.15, 0.2) is 30.5 Å². The van der Waals surface area contributed by atoms with Crippen LogP contribution >= 0.6 is 0 Å². The number of hydrogen-bond acceptors (Lipinski definition) is 5. The minimum absolute atomic E-state index is 0.0439. The van der Waals surface area contributed by atoms with Gasteiger partial charge in [0.15, 0.2) is 22.9 Å². The molecule has 5 heterocycles. The van der Waals surface area contributed by atoms with E-state index in [1.807, 2.05) is 11.0 Å². The Kier molecular flexibility index (Phi) is 4.87. The fourth-order valence-electron chi connectivity index (χ4n) is 5.73. The van der Waals surface area contributed by atoms with Crippen molar-refractivity contribution in [3.63, 3.8) is 0 Å². The van der Waals surface area contributed by atoms with Crippen molar-refractivity contribution < 1.29 is 18.3 Å². The number of piperidine rings is 1. The first-order chi connectivity index (χ1) is 16.9. The molecule has 10 heteroatoms. The Morgan fingerprint density at radius 3 is 2.77 bits per heavy atom. The molecule has 2 atom stereocenters. The van der Waals surface area contributed by atoms with Crippen molar-refractivity contribution in [2.24, 2.45) is 14.1 Å². The van der Waals surface area contributed by atoms with Gasteiger partial charge in [0.05, 0.1) is 29.9 Å². The molecule has 2 aliphatic heterocycles. The number of fused-ring (bicyclic) bond motifs is 5. The molecular weight excluding hydrogens is 454 g/mol. The van der Waals surface area contributed by atoms with Crippen LogP contribution in [0.4, 0.5) is 8.78 Å². The minimum Gasteiger partial charge on any atom is -0.494 e. The highest BCUT2D eigenvalue weighted by atomic mass is 19.2. The number of rotatable bonds is 3. The molecule has 0 saturated carbocycles. The molecular formula is C25H24F2N6O2. The van der Waals surface area contributed by atoms with Crippen LogP contribution in [0.25, 0.3) is 22.3 Å². The molecule has 0 spiro atoms. The Morgan fingerprint density at radius 1 is 1.14 bits per heavy atom. The second kappa shape index (κ2) is 7.86. The third-order valence-corrected chi connectivity index (χ3v) is 7.20. The molecule has 2 bridgehead atoms. The minimum atomic E-state index is -1.02. The molecule has 1 fully saturated rings. The fourth-order valence-corrected chi connectivity index (χ4v) is 5.73. The molecule has 3 aromatic heterocycles. The number of hydrogen-bond donors (Lipinski definition) is 0. The second-order valence-electron chi connectivity index (χ2n) is 9.17. The first-order valence-corrected chi connectivity index (χ1v) is 11.6. The lowest BCUT2D eigenvalue weighted by Gasteiger charge is -2.45. The number of pyridine rings is 1. The van der Waals surface area contributed by atoms with Gasteiger partial charge in [-0.15, -0.1) is 0 Å². The zero-order chi connectivity index (χ0) is 24.4. The van der Waals surface area contributed by atoms with E-state index in [2.05, 4.69) is 10.1 Å². The maximum Gasteiger partial charge on any atom is 0.275 e. The van der Waals surface area contributed by atoms with Crippen molar-refractivity contribution in [1.82, 2.24) is 29.4 Å². The van der Waals surface area contributed by atoms with E-state index in [0.717, 1.165) is 35.9 Å². The largest absolute Gasteiger partial charge is 0.494 e. The third kappa shape index (κ3) is 3.15. The third-order valence-electron chi connectivity index (χ3n) is 7.20. The van der Waals surface area contributed by atoms with Crippen molar-refractivity contribution in [2.75, 3.05) is 7.11 Å². The summed E-state index contributed by atoms with van der Waals surface area (Å²) in [7, 11) is 4.88. The highest BCUT2D eigenvalue weighted by Crippen LogP contribution is 2.45. The fraction of sp³-hybridized carbons (Fsp3) is 0.360. The summed E-state index contributed by atoms with van der Waals surface area (Å²) >= 11 is 0. The molecule has 180 valence electrons. The first kappa shape index (κ1) is 21.7. The summed E-state index contributed by atoms with van der Waals surface area (Å²) in [4.78, 5) is 20.1. The van der Waals surface area contributed by atoms with Crippen molar-refractivity contribution in [1.29, 1.82) is 0 Å². The van der Waals surface area contributed by atoms with Gasteiger partial charge >= 0.3 is 0 Å². The van der Waals surface area contributed by atoms with E-state index in [0.29, 0.717) is 29.0 Å². The quantitative estimate of drug-likeness (QED) is 0.446. The Balaban J connectivity index is 1.45. The lowest BCUT2D eigenvalue weighted by atomic mass is 9.81. The van der Waals surface area contributed by atoms with Crippen LogP contribution in [0.3, 0.4) is 0 Å². The Labute approximate surface area is 200 Å². The van der Waals surface area contributed by atoms with E-state index in [9.17, 15) is 13.6 Å². The van der Waals surface area contributed by atoms with Crippen LogP contribution in [-0.2, 0) is 20.5 Å². The number of ether oxygens (including phenoxy) is 1. The number of nitrogens with zero attached hydrogens (tertiary/aromatic N) is 6. The number of carbonyl (C=O) groups excluding carboxylic acids is 1. The van der Waals surface area contributed by atoms with Crippen LogP contribution < -0.4 is 4.74 Å². The van der Waals surface area contributed by atoms with E-state index < -0.39 is 11.6 Å². The molecule has 35 heavy (non-hydrogen) atoms. The summed E-state index contributed by atoms with van der Waals surface area (Å²) in [5, 5.41) is 10.0. The zero-order valence-electron chi connectivity index (χ0n) is 19.6. The number of carbonyl (C=O) groups is 1. The predicted octanol–water partition coefficient (Wildman–Crippen LogP) is 3.95. The van der Waals surface area contributed by atoms with E-state index in [-0.39, 0.29) is 23.7 Å². The van der Waals surface area contributed by atoms with Crippen LogP contribution in [-0.4, -0.2) is 48.5 Å². The van der Waals surface area contributed by atoms with Crippen molar-refractivity contribution in [3.05, 3.63) is 59.0 Å². The lowest BCUT2D eigenvalue weighted by molar-refractivity contribution is 0.0387. The molecule has 8 nitrogen and oxygen atoms in total. The zero-order valence-corrected chi connectivity index (χ0v) is 19.6. The molecule has 1 amide bonds. The van der Waals surface area contributed by atoms with Gasteiger partial charge in [-0.05, 0) is 49.9 Å². The van der Waals surface area contributed by atoms with Gasteiger partial charge in [0, 0.05) is 37.5 Å². The van der Waals surface area contributed by atoms with Gasteiger partial charge in [0.2, 0.25) is 5.82 Å². The Hall–Kier alpha value is -3.82. The summed E-state index contributed by atoms with van der Waals surface area (Å²) in [5.74, 6) is -2.28. The van der Waals surface area contributed by atoms with Crippen LogP contribution in [0.1, 0.15) is 47.1 Å². The SMILES string of the molecule is COc1cc(-c2c3c(nn2C)[C@@H]2CCC[C@H](C3)N2C(=O)c2nn(C)c3ncccc23)cc(F)c1F. The van der Waals surface area contributed by atoms with Gasteiger partial charge in [-0.3, -0.25) is 9.48 Å². The summed E-state index contributed by atoms with van der Waals surface area (Å²) in [6.07, 6.45) is 4.86. The lowest BCUT2D eigenvalue weighted by Crippen LogP contribution is -2.50. The van der Waals surface area contributed by atoms with Crippen LogP contribution in [0.5, 0.6) is 5.75 Å². The molecule has 0 aliphatic carbocycles. The van der Waals surface area contributed by atoms with Crippen molar-refractivity contribution in [2.45, 2.75) is 37.8 Å². The highest BCUT2D eigenvalue weighted by molar-refractivity contribution is 6.04. The number of methoxy groups -OCH3 is 1. The number of benzene rings is 1. The maximum atomic E-state index is 14.3. The Bertz CT molecular complexity index is 1490. The average molecular weight is 479 g/mol. The molecule has 0 N–H and O–H groups in total. The summed E-state index contributed by atoms with van der Waals surface area (Å²) in [5.41, 5.74) is 4.02. The average Bonchev–Trinajstić information content (AvgIpc) is 3.36. The van der Waals surface area contributed by atoms with Crippen LogP contribution in [0.2, 0.25) is 0 Å². The molecule has 0 radical (unpaired) electrons. The van der Waals surface area contributed by atoms with Gasteiger partial charge in [0.1, 0.15) is 0 Å². The first-order valence-electron chi connectivity index (χ1n) is 11.6. The summed E-state index contributed by atoms with van der Waals surface area (Å²) < 4.78 is 36.8. The van der Waals surface area contributed by atoms with Gasteiger partial charge in [-0.1, -0.05) is 0 Å². The van der Waals surface area contributed by atoms with Gasteiger partial charge in [-0.2, -0.15) is 14.6 Å². The normalized spacial score (nSPS) is 19.2. The van der Waals surface area contributed by atoms with E-state index in [1.165, 1.54) is 19.2 Å². The number of halogens is 2. The van der Waals surface area contributed by atoms with E-state index >= 15 is 0 Å². The van der Waals surface area contributed by atoms with Gasteiger partial charge in [0.25, 0.3) is 5.91 Å². The monoisotopic (exact) mass is 478 g/mol. The predicted molar refractivity (Wildman–Crippen MR) is 124 cm³/mol. The maximum absolute atomic E-state index is 14.3. The smallest absolute Gasteiger partial charge is 0.275 e. The summed E-state index contributed by atoms with van der Waals surface area (Å²) in [6.45, 7) is 0. The molecule has 6 rings (SSSR count). The van der Waals surface area contributed by atoms with Crippen LogP contribution in [0, 0.1) is 11.6 Å². The van der Waals surface area contributed by atoms with Crippen molar-refractivity contribution in [3.8, 4) is 17.0 Å². The standard InChI is InChI=1S/C25H24F2N6O2/c1-31-23(13-10-17(26)20(27)19(11-13)35-3)16-12-14-6-4-8-18(21(16)29-31)33(14)25(34)22-15-7-5-9-28-24(15)32(2)30-22/h5,7,9-11,14,18H,4,6,8,12H2,1-3H3/t14-,18+/m1/s1. The second-order valence-corrected chi connectivity index (χ2v) is 9.17. The number of amides is 1. The summed E-state index contributed by atoms with van der Waals surface area (Å²) in [6, 6.07) is 6.08. The van der Waals surface area contributed by atoms with E-state index in [1.54, 1.807) is 35.7 Å². The number of aromatic nitrogens is 5. The van der Waals surface area contributed by atoms with Gasteiger partial charge < -0.3 is 9.64 Å².